The number of nitrogens with zero attached hydrogens (tertiary/aromatic N) is 4. The Kier molecular flexibility index (Phi) is 7.80. The number of para-hydroxylation sites is 2. The number of tetrazole rings is 1. The Labute approximate surface area is 224 Å². The predicted molar refractivity (Wildman–Crippen MR) is 151 cm³/mol. The van der Waals surface area contributed by atoms with Crippen molar-refractivity contribution in [3.8, 4) is 22.9 Å². The number of amides is 1. The third kappa shape index (κ3) is 6.48. The van der Waals surface area contributed by atoms with Gasteiger partial charge in [0, 0.05) is 18.8 Å². The first-order chi connectivity index (χ1) is 18.6. The summed E-state index contributed by atoms with van der Waals surface area (Å²) in [6, 6.07) is 31.1. The lowest BCUT2D eigenvalue weighted by Crippen LogP contribution is -2.38. The number of carbonyl (C=O) groups excluding carboxylic acids is 1. The van der Waals surface area contributed by atoms with Crippen molar-refractivity contribution in [1.29, 1.82) is 0 Å². The molecule has 5 aromatic rings. The molecule has 0 radical (unpaired) electrons. The summed E-state index contributed by atoms with van der Waals surface area (Å²) >= 11 is 5.26. The number of thiocarbonyl (C=S) groups is 1. The summed E-state index contributed by atoms with van der Waals surface area (Å²) in [6.07, 6.45) is 0. The molecule has 9 nitrogen and oxygen atoms in total. The predicted octanol–water partition coefficient (Wildman–Crippen LogP) is 4.39. The number of aromatic nitrogens is 4. The van der Waals surface area contributed by atoms with Gasteiger partial charge in [0.15, 0.2) is 5.11 Å². The molecule has 0 fully saturated rings. The second-order valence-corrected chi connectivity index (χ2v) is 8.76. The highest BCUT2D eigenvalue weighted by molar-refractivity contribution is 7.80. The SMILES string of the molecule is O=C(Cn1nnc(-c2ccccc2Oc2ccc3ccccc3c2)n1)NCCNC(=S)Nc1ccccc1. The molecule has 1 amide bonds. The Bertz CT molecular complexity index is 1560. The highest BCUT2D eigenvalue weighted by Gasteiger charge is 2.14. The van der Waals surface area contributed by atoms with Crippen molar-refractivity contribution < 1.29 is 9.53 Å². The van der Waals surface area contributed by atoms with Crippen molar-refractivity contribution in [2.45, 2.75) is 6.54 Å². The van der Waals surface area contributed by atoms with Gasteiger partial charge >= 0.3 is 0 Å². The van der Waals surface area contributed by atoms with Crippen molar-refractivity contribution in [2.75, 3.05) is 18.4 Å². The van der Waals surface area contributed by atoms with Crippen molar-refractivity contribution in [3.05, 3.63) is 97.1 Å². The van der Waals surface area contributed by atoms with E-state index in [0.717, 1.165) is 16.5 Å². The van der Waals surface area contributed by atoms with Crippen LogP contribution in [0.2, 0.25) is 0 Å². The summed E-state index contributed by atoms with van der Waals surface area (Å²) in [6.45, 7) is 0.798. The Morgan fingerprint density at radius 2 is 1.58 bits per heavy atom. The Morgan fingerprint density at radius 1 is 0.842 bits per heavy atom. The summed E-state index contributed by atoms with van der Waals surface area (Å²) in [5, 5.41) is 24.2. The zero-order chi connectivity index (χ0) is 26.2. The van der Waals surface area contributed by atoms with E-state index in [0.29, 0.717) is 41.1 Å². The maximum Gasteiger partial charge on any atom is 0.243 e. The van der Waals surface area contributed by atoms with E-state index in [-0.39, 0.29) is 12.5 Å². The molecule has 1 heterocycles. The van der Waals surface area contributed by atoms with Gasteiger partial charge in [-0.2, -0.15) is 4.80 Å². The Hall–Kier alpha value is -4.83. The zero-order valence-electron chi connectivity index (χ0n) is 20.4. The molecule has 0 spiro atoms. The fourth-order valence-corrected chi connectivity index (χ4v) is 4.00. The third-order valence-corrected chi connectivity index (χ3v) is 5.83. The number of anilines is 1. The molecule has 0 bridgehead atoms. The standard InChI is InChI=1S/C28H25N7O2S/c36-26(29-16-17-30-28(38)31-22-10-2-1-3-11-22)19-35-33-27(32-34-35)24-12-6-7-13-25(24)37-23-15-14-20-8-4-5-9-21(20)18-23/h1-15,18H,16-17,19H2,(H,29,36)(H2,30,31,38). The van der Waals surface area contributed by atoms with Crippen LogP contribution in [0.3, 0.4) is 0 Å². The van der Waals surface area contributed by atoms with Crippen LogP contribution in [-0.2, 0) is 11.3 Å². The van der Waals surface area contributed by atoms with Crippen LogP contribution < -0.4 is 20.7 Å². The van der Waals surface area contributed by atoms with Gasteiger partial charge in [0.1, 0.15) is 18.0 Å². The molecule has 0 saturated carbocycles. The molecule has 0 saturated heterocycles. The molecule has 0 aliphatic rings. The maximum absolute atomic E-state index is 12.4. The normalized spacial score (nSPS) is 10.6. The number of nitrogens with one attached hydrogen (secondary N) is 3. The van der Waals surface area contributed by atoms with Gasteiger partial charge in [0.05, 0.1) is 5.56 Å². The summed E-state index contributed by atoms with van der Waals surface area (Å²) in [5.74, 6) is 1.43. The molecule has 3 N–H and O–H groups in total. The van der Waals surface area contributed by atoms with Crippen LogP contribution in [-0.4, -0.2) is 44.3 Å². The summed E-state index contributed by atoms with van der Waals surface area (Å²) in [7, 11) is 0. The largest absolute Gasteiger partial charge is 0.457 e. The van der Waals surface area contributed by atoms with E-state index in [1.807, 2.05) is 91.0 Å². The quantitative estimate of drug-likeness (QED) is 0.193. The number of benzene rings is 4. The van der Waals surface area contributed by atoms with Gasteiger partial charge in [0.25, 0.3) is 0 Å². The van der Waals surface area contributed by atoms with Gasteiger partial charge in [0.2, 0.25) is 11.7 Å². The van der Waals surface area contributed by atoms with Crippen LogP contribution in [0.1, 0.15) is 0 Å². The summed E-state index contributed by atoms with van der Waals surface area (Å²) in [5.41, 5.74) is 1.57. The molecule has 4 aromatic carbocycles. The van der Waals surface area contributed by atoms with E-state index in [4.69, 9.17) is 17.0 Å². The second kappa shape index (κ2) is 11.9. The maximum atomic E-state index is 12.4. The molecular weight excluding hydrogens is 498 g/mol. The Morgan fingerprint density at radius 3 is 2.45 bits per heavy atom. The smallest absolute Gasteiger partial charge is 0.243 e. The summed E-state index contributed by atoms with van der Waals surface area (Å²) in [4.78, 5) is 13.6. The Balaban J connectivity index is 1.14. The third-order valence-electron chi connectivity index (χ3n) is 5.58. The molecule has 38 heavy (non-hydrogen) atoms. The van der Waals surface area contributed by atoms with E-state index < -0.39 is 0 Å². The minimum atomic E-state index is -0.238. The minimum Gasteiger partial charge on any atom is -0.457 e. The van der Waals surface area contributed by atoms with Crippen molar-refractivity contribution in [3.63, 3.8) is 0 Å². The van der Waals surface area contributed by atoms with Crippen LogP contribution in [0.25, 0.3) is 22.2 Å². The monoisotopic (exact) mass is 523 g/mol. The van der Waals surface area contributed by atoms with E-state index in [9.17, 15) is 4.79 Å². The average molecular weight is 524 g/mol. The number of hydrogen-bond acceptors (Lipinski definition) is 6. The van der Waals surface area contributed by atoms with E-state index >= 15 is 0 Å². The first-order valence-electron chi connectivity index (χ1n) is 12.0. The van der Waals surface area contributed by atoms with Gasteiger partial charge in [-0.25, -0.2) is 0 Å². The molecule has 0 aliphatic heterocycles. The number of ether oxygens (including phenoxy) is 1. The van der Waals surface area contributed by atoms with Crippen LogP contribution >= 0.6 is 12.2 Å². The lowest BCUT2D eigenvalue weighted by Gasteiger charge is -2.11. The number of rotatable bonds is 9. The van der Waals surface area contributed by atoms with Gasteiger partial charge in [-0.15, -0.1) is 10.2 Å². The highest BCUT2D eigenvalue weighted by Crippen LogP contribution is 2.32. The van der Waals surface area contributed by atoms with Crippen molar-refractivity contribution in [1.82, 2.24) is 30.8 Å². The van der Waals surface area contributed by atoms with Crippen LogP contribution in [0.5, 0.6) is 11.5 Å². The number of fused-ring (bicyclic) bond motifs is 1. The molecular formula is C28H25N7O2S. The van der Waals surface area contributed by atoms with Crippen LogP contribution in [0.15, 0.2) is 97.1 Å². The van der Waals surface area contributed by atoms with Crippen molar-refractivity contribution in [2.24, 2.45) is 0 Å². The average Bonchev–Trinajstić information content (AvgIpc) is 3.40. The van der Waals surface area contributed by atoms with Crippen LogP contribution in [0.4, 0.5) is 5.69 Å². The summed E-state index contributed by atoms with van der Waals surface area (Å²) < 4.78 is 6.17. The van der Waals surface area contributed by atoms with Crippen LogP contribution in [0, 0.1) is 0 Å². The molecule has 1 aromatic heterocycles. The van der Waals surface area contributed by atoms with Gasteiger partial charge < -0.3 is 20.7 Å². The first kappa shape index (κ1) is 24.8. The highest BCUT2D eigenvalue weighted by atomic mass is 32.1. The number of hydrogen-bond donors (Lipinski definition) is 3. The fraction of sp³-hybridized carbons (Fsp3) is 0.107. The molecule has 0 atom stereocenters. The van der Waals surface area contributed by atoms with Gasteiger partial charge in [-0.3, -0.25) is 4.79 Å². The van der Waals surface area contributed by atoms with E-state index in [2.05, 4.69) is 37.4 Å². The lowest BCUT2D eigenvalue weighted by molar-refractivity contribution is -0.122. The first-order valence-corrected chi connectivity index (χ1v) is 12.5. The minimum absolute atomic E-state index is 0.0621. The van der Waals surface area contributed by atoms with E-state index in [1.54, 1.807) is 0 Å². The zero-order valence-corrected chi connectivity index (χ0v) is 21.2. The lowest BCUT2D eigenvalue weighted by atomic mass is 10.1. The molecule has 190 valence electrons. The van der Waals surface area contributed by atoms with E-state index in [1.165, 1.54) is 4.80 Å². The molecule has 10 heteroatoms. The number of carbonyl (C=O) groups is 1. The molecule has 5 rings (SSSR count). The topological polar surface area (TPSA) is 106 Å². The van der Waals surface area contributed by atoms with Crippen molar-refractivity contribution >= 4 is 39.7 Å². The molecule has 0 unspecified atom stereocenters. The fourth-order valence-electron chi connectivity index (χ4n) is 3.78. The van der Waals surface area contributed by atoms with Gasteiger partial charge in [-0.1, -0.05) is 60.7 Å². The van der Waals surface area contributed by atoms with Gasteiger partial charge in [-0.05, 0) is 64.6 Å². The molecule has 0 aliphatic carbocycles. The second-order valence-electron chi connectivity index (χ2n) is 8.35.